The van der Waals surface area contributed by atoms with Gasteiger partial charge in [0.15, 0.2) is 0 Å². The smallest absolute Gasteiger partial charge is 0.112 e. The van der Waals surface area contributed by atoms with Crippen LogP contribution in [0.2, 0.25) is 0 Å². The fourth-order valence-electron chi connectivity index (χ4n) is 0.641. The van der Waals surface area contributed by atoms with Gasteiger partial charge in [0, 0.05) is 13.7 Å². The largest absolute Gasteiger partial charge is 0.378 e. The first kappa shape index (κ1) is 6.01. The van der Waals surface area contributed by atoms with Crippen LogP contribution in [0.5, 0.6) is 0 Å². The van der Waals surface area contributed by atoms with Crippen molar-refractivity contribution in [2.75, 3.05) is 27.0 Å². The van der Waals surface area contributed by atoms with Crippen LogP contribution in [0.15, 0.2) is 0 Å². The highest BCUT2D eigenvalue weighted by molar-refractivity contribution is 4.61. The maximum atomic E-state index is 4.98. The summed E-state index contributed by atoms with van der Waals surface area (Å²) in [6.45, 7) is 2.02. The van der Waals surface area contributed by atoms with E-state index in [4.69, 9.17) is 9.47 Å². The zero-order valence-corrected chi connectivity index (χ0v) is 4.96. The highest BCUT2D eigenvalue weighted by atomic mass is 16.5. The molecule has 0 aliphatic carbocycles. The molecule has 1 saturated heterocycles. The molecular formula is C5H10NO2. The SMILES string of the molecule is COC1C[N]COC1. The van der Waals surface area contributed by atoms with Gasteiger partial charge in [-0.05, 0) is 0 Å². The Morgan fingerprint density at radius 1 is 1.75 bits per heavy atom. The van der Waals surface area contributed by atoms with Gasteiger partial charge in [0.25, 0.3) is 0 Å². The van der Waals surface area contributed by atoms with Crippen molar-refractivity contribution in [3.05, 3.63) is 0 Å². The van der Waals surface area contributed by atoms with Crippen LogP contribution in [0.3, 0.4) is 0 Å². The van der Waals surface area contributed by atoms with E-state index in [0.717, 1.165) is 6.54 Å². The van der Waals surface area contributed by atoms with Crippen molar-refractivity contribution < 1.29 is 9.47 Å². The summed E-state index contributed by atoms with van der Waals surface area (Å²) >= 11 is 0. The van der Waals surface area contributed by atoms with Crippen molar-refractivity contribution in [3.63, 3.8) is 0 Å². The van der Waals surface area contributed by atoms with E-state index < -0.39 is 0 Å². The molecule has 1 rings (SSSR count). The molecule has 1 heterocycles. The highest BCUT2D eigenvalue weighted by Gasteiger charge is 2.11. The van der Waals surface area contributed by atoms with E-state index in [0.29, 0.717) is 13.3 Å². The molecule has 0 amide bonds. The maximum absolute atomic E-state index is 4.98. The molecule has 0 bridgehead atoms. The lowest BCUT2D eigenvalue weighted by molar-refractivity contribution is -0.0328. The van der Waals surface area contributed by atoms with Gasteiger partial charge in [0.05, 0.1) is 12.7 Å². The molecule has 47 valence electrons. The molecule has 0 N–H and O–H groups in total. The lowest BCUT2D eigenvalue weighted by atomic mass is 10.3. The van der Waals surface area contributed by atoms with Crippen LogP contribution in [0.1, 0.15) is 0 Å². The molecule has 1 aliphatic heterocycles. The number of hydrogen-bond donors (Lipinski definition) is 0. The minimum Gasteiger partial charge on any atom is -0.378 e. The first-order valence-electron chi connectivity index (χ1n) is 2.67. The van der Waals surface area contributed by atoms with Crippen LogP contribution < -0.4 is 5.32 Å². The predicted octanol–water partition coefficient (Wildman–Crippen LogP) is -0.407. The summed E-state index contributed by atoms with van der Waals surface area (Å²) in [5, 5.41) is 3.98. The Hall–Kier alpha value is -0.120. The fraction of sp³-hybridized carbons (Fsp3) is 1.00. The Balaban J connectivity index is 2.13. The minimum absolute atomic E-state index is 0.198. The molecule has 0 aromatic rings. The quantitative estimate of drug-likeness (QED) is 0.466. The molecule has 1 aliphatic rings. The molecule has 8 heavy (non-hydrogen) atoms. The van der Waals surface area contributed by atoms with E-state index in [1.54, 1.807) is 7.11 Å². The van der Waals surface area contributed by atoms with E-state index in [-0.39, 0.29) is 6.10 Å². The fourth-order valence-corrected chi connectivity index (χ4v) is 0.641. The summed E-state index contributed by atoms with van der Waals surface area (Å²) in [5.74, 6) is 0. The summed E-state index contributed by atoms with van der Waals surface area (Å²) in [6, 6.07) is 0. The average molecular weight is 116 g/mol. The first-order valence-corrected chi connectivity index (χ1v) is 2.67. The van der Waals surface area contributed by atoms with Gasteiger partial charge in [-0.25, -0.2) is 5.32 Å². The van der Waals surface area contributed by atoms with Crippen molar-refractivity contribution in [2.45, 2.75) is 6.10 Å². The van der Waals surface area contributed by atoms with E-state index in [2.05, 4.69) is 5.32 Å². The molecule has 3 nitrogen and oxygen atoms in total. The molecule has 1 atom stereocenters. The molecule has 0 spiro atoms. The van der Waals surface area contributed by atoms with Gasteiger partial charge in [-0.2, -0.15) is 0 Å². The van der Waals surface area contributed by atoms with Gasteiger partial charge in [-0.15, -0.1) is 0 Å². The van der Waals surface area contributed by atoms with Crippen molar-refractivity contribution >= 4 is 0 Å². The summed E-state index contributed by atoms with van der Waals surface area (Å²) < 4.78 is 9.95. The Labute approximate surface area is 49.0 Å². The zero-order chi connectivity index (χ0) is 5.82. The van der Waals surface area contributed by atoms with Gasteiger partial charge in [0.2, 0.25) is 0 Å². The van der Waals surface area contributed by atoms with Crippen molar-refractivity contribution in [3.8, 4) is 0 Å². The Bertz CT molecular complexity index is 61.4. The van der Waals surface area contributed by atoms with Crippen LogP contribution in [0.4, 0.5) is 0 Å². The normalized spacial score (nSPS) is 30.4. The van der Waals surface area contributed by atoms with Crippen LogP contribution in [0, 0.1) is 0 Å². The van der Waals surface area contributed by atoms with Gasteiger partial charge < -0.3 is 9.47 Å². The third kappa shape index (κ3) is 1.43. The summed E-state index contributed by atoms with van der Waals surface area (Å²) in [5.41, 5.74) is 0. The molecule has 1 unspecified atom stereocenters. The van der Waals surface area contributed by atoms with Crippen molar-refractivity contribution in [2.24, 2.45) is 0 Å². The highest BCUT2D eigenvalue weighted by Crippen LogP contribution is 1.94. The van der Waals surface area contributed by atoms with Crippen LogP contribution >= 0.6 is 0 Å². The summed E-state index contributed by atoms with van der Waals surface area (Å²) in [7, 11) is 1.68. The second-order valence-corrected chi connectivity index (χ2v) is 1.76. The molecule has 0 aromatic heterocycles. The second-order valence-electron chi connectivity index (χ2n) is 1.76. The standard InChI is InChI=1S/C5H10NO2/c1-7-5-2-6-4-8-3-5/h5H,2-4H2,1H3. The molecule has 1 fully saturated rings. The number of methoxy groups -OCH3 is 1. The second kappa shape index (κ2) is 3.02. The average Bonchev–Trinajstić information content (AvgIpc) is 1.90. The predicted molar refractivity (Wildman–Crippen MR) is 28.6 cm³/mol. The van der Waals surface area contributed by atoms with Crippen LogP contribution in [0.25, 0.3) is 0 Å². The van der Waals surface area contributed by atoms with E-state index in [1.165, 1.54) is 0 Å². The van der Waals surface area contributed by atoms with E-state index in [1.807, 2.05) is 0 Å². The van der Waals surface area contributed by atoms with Crippen molar-refractivity contribution in [1.82, 2.24) is 5.32 Å². The number of rotatable bonds is 1. The Morgan fingerprint density at radius 2 is 2.62 bits per heavy atom. The minimum atomic E-state index is 0.198. The monoisotopic (exact) mass is 116 g/mol. The number of ether oxygens (including phenoxy) is 2. The number of hydrogen-bond acceptors (Lipinski definition) is 2. The molecular weight excluding hydrogens is 106 g/mol. The molecule has 1 radical (unpaired) electrons. The van der Waals surface area contributed by atoms with Gasteiger partial charge in [-0.3, -0.25) is 0 Å². The first-order chi connectivity index (χ1) is 3.93. The summed E-state index contributed by atoms with van der Waals surface area (Å²) in [4.78, 5) is 0. The molecule has 3 heteroatoms. The van der Waals surface area contributed by atoms with Crippen molar-refractivity contribution in [1.29, 1.82) is 0 Å². The van der Waals surface area contributed by atoms with Gasteiger partial charge in [0.1, 0.15) is 6.73 Å². The van der Waals surface area contributed by atoms with Crippen LogP contribution in [-0.2, 0) is 9.47 Å². The zero-order valence-electron chi connectivity index (χ0n) is 4.96. The lowest BCUT2D eigenvalue weighted by Crippen LogP contribution is -2.35. The lowest BCUT2D eigenvalue weighted by Gasteiger charge is -2.19. The number of nitrogens with zero attached hydrogens (tertiary/aromatic N) is 1. The molecule has 0 saturated carbocycles. The van der Waals surface area contributed by atoms with Gasteiger partial charge >= 0.3 is 0 Å². The maximum Gasteiger partial charge on any atom is 0.112 e. The third-order valence-corrected chi connectivity index (χ3v) is 1.15. The Kier molecular flexibility index (Phi) is 2.27. The molecule has 0 aromatic carbocycles. The summed E-state index contributed by atoms with van der Waals surface area (Å²) in [6.07, 6.45) is 0.198. The van der Waals surface area contributed by atoms with E-state index >= 15 is 0 Å². The van der Waals surface area contributed by atoms with Crippen LogP contribution in [-0.4, -0.2) is 33.1 Å². The topological polar surface area (TPSA) is 32.6 Å². The van der Waals surface area contributed by atoms with Gasteiger partial charge in [-0.1, -0.05) is 0 Å². The Morgan fingerprint density at radius 3 is 3.00 bits per heavy atom. The third-order valence-electron chi connectivity index (χ3n) is 1.15. The van der Waals surface area contributed by atoms with E-state index in [9.17, 15) is 0 Å².